The Morgan fingerprint density at radius 3 is 2.64 bits per heavy atom. The smallest absolute Gasteiger partial charge is 0.242 e. The maximum absolute atomic E-state index is 12.4. The van der Waals surface area contributed by atoms with E-state index >= 15 is 0 Å². The first-order valence-electron chi connectivity index (χ1n) is 9.75. The minimum atomic E-state index is -3.58. The van der Waals surface area contributed by atoms with Crippen LogP contribution in [0.5, 0.6) is 0 Å². The Morgan fingerprint density at radius 1 is 1.25 bits per heavy atom. The molecule has 1 aromatic rings. The van der Waals surface area contributed by atoms with E-state index in [0.717, 1.165) is 23.8 Å². The minimum Gasteiger partial charge on any atom is -0.325 e. The summed E-state index contributed by atoms with van der Waals surface area (Å²) >= 11 is 6.15. The van der Waals surface area contributed by atoms with Gasteiger partial charge in [-0.2, -0.15) is 0 Å². The molecule has 2 aliphatic rings. The van der Waals surface area contributed by atoms with Gasteiger partial charge >= 0.3 is 0 Å². The predicted molar refractivity (Wildman–Crippen MR) is 111 cm³/mol. The molecule has 2 heterocycles. The lowest BCUT2D eigenvalue weighted by atomic mass is 10.2. The Kier molecular flexibility index (Phi) is 6.98. The van der Waals surface area contributed by atoms with Crippen molar-refractivity contribution in [2.75, 3.05) is 52.1 Å². The summed E-state index contributed by atoms with van der Waals surface area (Å²) in [5.74, 6) is -0.161. The molecule has 7 nitrogen and oxygen atoms in total. The maximum Gasteiger partial charge on any atom is 0.242 e. The third kappa shape index (κ3) is 5.04. The standard InChI is InChI=1S/C19H29ClN4O3S/c1-22(2)28(26,27)16-5-6-17(20)18(13-16)21-19(25)8-12-23-11-7-15(14-23)24-9-3-4-10-24/h5-6,13,15H,3-4,7-12,14H2,1-2H3,(H,21,25). The number of rotatable bonds is 7. The fraction of sp³-hybridized carbons (Fsp3) is 0.632. The van der Waals surface area contributed by atoms with Crippen LogP contribution in [0.3, 0.4) is 0 Å². The van der Waals surface area contributed by atoms with Gasteiger partial charge in [0, 0.05) is 39.6 Å². The van der Waals surface area contributed by atoms with Crippen molar-refractivity contribution in [3.8, 4) is 0 Å². The Labute approximate surface area is 172 Å². The average Bonchev–Trinajstić information content (AvgIpc) is 3.33. The normalized spacial score (nSPS) is 21.5. The molecule has 2 saturated heterocycles. The van der Waals surface area contributed by atoms with Gasteiger partial charge in [0.05, 0.1) is 15.6 Å². The van der Waals surface area contributed by atoms with Crippen LogP contribution in [-0.2, 0) is 14.8 Å². The molecule has 0 radical (unpaired) electrons. The summed E-state index contributed by atoms with van der Waals surface area (Å²) in [6.07, 6.45) is 4.11. The summed E-state index contributed by atoms with van der Waals surface area (Å²) in [4.78, 5) is 17.4. The molecule has 1 amide bonds. The molecule has 0 saturated carbocycles. The molecule has 1 N–H and O–H groups in total. The zero-order valence-electron chi connectivity index (χ0n) is 16.5. The number of benzene rings is 1. The molecule has 1 atom stereocenters. The molecule has 2 fully saturated rings. The summed E-state index contributed by atoms with van der Waals surface area (Å²) in [7, 11) is -0.649. The highest BCUT2D eigenvalue weighted by Gasteiger charge is 2.29. The van der Waals surface area contributed by atoms with Crippen LogP contribution in [-0.4, -0.2) is 81.3 Å². The largest absolute Gasteiger partial charge is 0.325 e. The number of anilines is 1. The van der Waals surface area contributed by atoms with Gasteiger partial charge in [-0.15, -0.1) is 0 Å². The third-order valence-electron chi connectivity index (χ3n) is 5.55. The topological polar surface area (TPSA) is 73.0 Å². The van der Waals surface area contributed by atoms with E-state index in [4.69, 9.17) is 11.6 Å². The van der Waals surface area contributed by atoms with Crippen LogP contribution in [0.2, 0.25) is 5.02 Å². The van der Waals surface area contributed by atoms with E-state index in [9.17, 15) is 13.2 Å². The molecular weight excluding hydrogens is 400 g/mol. The van der Waals surface area contributed by atoms with Crippen LogP contribution in [0.1, 0.15) is 25.7 Å². The minimum absolute atomic E-state index is 0.102. The number of carbonyl (C=O) groups excluding carboxylic acids is 1. The van der Waals surface area contributed by atoms with Crippen molar-refractivity contribution >= 4 is 33.2 Å². The lowest BCUT2D eigenvalue weighted by Crippen LogP contribution is -2.35. The van der Waals surface area contributed by atoms with E-state index in [-0.39, 0.29) is 10.8 Å². The molecule has 1 aromatic carbocycles. The van der Waals surface area contributed by atoms with Crippen LogP contribution >= 0.6 is 11.6 Å². The van der Waals surface area contributed by atoms with Crippen molar-refractivity contribution in [2.45, 2.75) is 36.6 Å². The average molecular weight is 429 g/mol. The van der Waals surface area contributed by atoms with Gasteiger partial charge in [0.1, 0.15) is 0 Å². The van der Waals surface area contributed by atoms with Gasteiger partial charge in [0.25, 0.3) is 0 Å². The Morgan fingerprint density at radius 2 is 1.96 bits per heavy atom. The first-order chi connectivity index (χ1) is 13.3. The molecule has 9 heteroatoms. The van der Waals surface area contributed by atoms with E-state index in [1.807, 2.05) is 0 Å². The molecule has 0 aliphatic carbocycles. The molecular formula is C19H29ClN4O3S. The maximum atomic E-state index is 12.4. The summed E-state index contributed by atoms with van der Waals surface area (Å²) in [5.41, 5.74) is 0.325. The Bertz CT molecular complexity index is 809. The van der Waals surface area contributed by atoms with Crippen molar-refractivity contribution < 1.29 is 13.2 Å². The van der Waals surface area contributed by atoms with Crippen LogP contribution in [0.25, 0.3) is 0 Å². The SMILES string of the molecule is CN(C)S(=O)(=O)c1ccc(Cl)c(NC(=O)CCN2CCC(N3CCCC3)C2)c1. The molecule has 1 unspecified atom stereocenters. The van der Waals surface area contributed by atoms with Crippen molar-refractivity contribution in [3.63, 3.8) is 0 Å². The third-order valence-corrected chi connectivity index (χ3v) is 7.69. The lowest BCUT2D eigenvalue weighted by Gasteiger charge is -2.23. The molecule has 156 valence electrons. The molecule has 2 aliphatic heterocycles. The van der Waals surface area contributed by atoms with Gasteiger partial charge < -0.3 is 10.2 Å². The number of carbonyl (C=O) groups is 1. The number of sulfonamides is 1. The first-order valence-corrected chi connectivity index (χ1v) is 11.6. The van der Waals surface area contributed by atoms with Crippen molar-refractivity contribution in [1.82, 2.24) is 14.1 Å². The summed E-state index contributed by atoms with van der Waals surface area (Å²) < 4.78 is 25.7. The summed E-state index contributed by atoms with van der Waals surface area (Å²) in [5, 5.41) is 3.08. The second-order valence-electron chi connectivity index (χ2n) is 7.71. The van der Waals surface area contributed by atoms with E-state index in [1.165, 1.54) is 58.2 Å². The number of hydrogen-bond donors (Lipinski definition) is 1. The van der Waals surface area contributed by atoms with Gasteiger partial charge in [0.2, 0.25) is 15.9 Å². The lowest BCUT2D eigenvalue weighted by molar-refractivity contribution is -0.116. The highest BCUT2D eigenvalue weighted by molar-refractivity contribution is 7.89. The molecule has 28 heavy (non-hydrogen) atoms. The Balaban J connectivity index is 1.54. The van der Waals surface area contributed by atoms with Gasteiger partial charge in [-0.25, -0.2) is 12.7 Å². The molecule has 0 aromatic heterocycles. The monoisotopic (exact) mass is 428 g/mol. The fourth-order valence-corrected chi connectivity index (χ4v) is 4.96. The number of nitrogens with one attached hydrogen (secondary N) is 1. The molecule has 0 spiro atoms. The van der Waals surface area contributed by atoms with Gasteiger partial charge in [-0.3, -0.25) is 9.69 Å². The number of likely N-dealkylation sites (tertiary alicyclic amines) is 2. The quantitative estimate of drug-likeness (QED) is 0.719. The van der Waals surface area contributed by atoms with Crippen molar-refractivity contribution in [1.29, 1.82) is 0 Å². The van der Waals surface area contributed by atoms with Crippen LogP contribution in [0.15, 0.2) is 23.1 Å². The molecule has 0 bridgehead atoms. The molecule has 3 rings (SSSR count). The zero-order chi connectivity index (χ0) is 20.3. The highest BCUT2D eigenvalue weighted by atomic mass is 35.5. The van der Waals surface area contributed by atoms with E-state index in [0.29, 0.717) is 29.7 Å². The van der Waals surface area contributed by atoms with E-state index < -0.39 is 10.0 Å². The van der Waals surface area contributed by atoms with E-state index in [2.05, 4.69) is 15.1 Å². The number of hydrogen-bond acceptors (Lipinski definition) is 5. The van der Waals surface area contributed by atoms with Crippen molar-refractivity contribution in [3.05, 3.63) is 23.2 Å². The zero-order valence-corrected chi connectivity index (χ0v) is 18.1. The van der Waals surface area contributed by atoms with Crippen LogP contribution in [0, 0.1) is 0 Å². The second-order valence-corrected chi connectivity index (χ2v) is 10.3. The second kappa shape index (κ2) is 9.09. The van der Waals surface area contributed by atoms with Gasteiger partial charge in [-0.1, -0.05) is 11.6 Å². The number of nitrogens with zero attached hydrogens (tertiary/aromatic N) is 3. The van der Waals surface area contributed by atoms with Gasteiger partial charge in [-0.05, 0) is 57.1 Å². The first kappa shape index (κ1) is 21.5. The predicted octanol–water partition coefficient (Wildman–Crippen LogP) is 2.09. The fourth-order valence-electron chi connectivity index (χ4n) is 3.86. The van der Waals surface area contributed by atoms with E-state index in [1.54, 1.807) is 0 Å². The van der Waals surface area contributed by atoms with Crippen LogP contribution in [0.4, 0.5) is 5.69 Å². The number of halogens is 1. The highest BCUT2D eigenvalue weighted by Crippen LogP contribution is 2.27. The van der Waals surface area contributed by atoms with Crippen LogP contribution < -0.4 is 5.32 Å². The number of amides is 1. The van der Waals surface area contributed by atoms with Gasteiger partial charge in [0.15, 0.2) is 0 Å². The summed E-state index contributed by atoms with van der Waals surface area (Å²) in [6.45, 7) is 5.13. The summed E-state index contributed by atoms with van der Waals surface area (Å²) in [6, 6.07) is 4.97. The van der Waals surface area contributed by atoms with Crippen molar-refractivity contribution in [2.24, 2.45) is 0 Å². The Hall–Kier alpha value is -1.19.